The molecule has 0 unspecified atom stereocenters. The zero-order valence-corrected chi connectivity index (χ0v) is 21.1. The molecule has 3 aromatic carbocycles. The van der Waals surface area contributed by atoms with Gasteiger partial charge >= 0.3 is 0 Å². The summed E-state index contributed by atoms with van der Waals surface area (Å²) in [6.45, 7) is 4.51. The van der Waals surface area contributed by atoms with Crippen LogP contribution in [0.4, 0.5) is 17.6 Å². The maximum Gasteiger partial charge on any atom is 0.170 e. The first-order chi connectivity index (χ1) is 17.3. The molecule has 0 nitrogen and oxygen atoms in total. The van der Waals surface area contributed by atoms with E-state index in [4.69, 9.17) is 0 Å². The van der Waals surface area contributed by atoms with Gasteiger partial charge in [-0.2, -0.15) is 0 Å². The normalized spacial score (nSPS) is 24.6. The van der Waals surface area contributed by atoms with E-state index in [0.717, 1.165) is 74.3 Å². The largest absolute Gasteiger partial charge is 0.203 e. The number of hydrogen-bond donors (Lipinski definition) is 0. The van der Waals surface area contributed by atoms with Crippen LogP contribution in [0.5, 0.6) is 0 Å². The van der Waals surface area contributed by atoms with Gasteiger partial charge in [0.25, 0.3) is 0 Å². The Kier molecular flexibility index (Phi) is 7.23. The van der Waals surface area contributed by atoms with Crippen LogP contribution >= 0.6 is 0 Å². The molecule has 190 valence electrons. The highest BCUT2D eigenvalue weighted by Crippen LogP contribution is 2.40. The van der Waals surface area contributed by atoms with Crippen LogP contribution in [0.1, 0.15) is 88.2 Å². The minimum atomic E-state index is -1.35. The number of hydrogen-bond acceptors (Lipinski definition) is 0. The van der Waals surface area contributed by atoms with Gasteiger partial charge in [-0.15, -0.1) is 0 Å². The van der Waals surface area contributed by atoms with Gasteiger partial charge in [-0.05, 0) is 71.6 Å². The lowest BCUT2D eigenvalue weighted by atomic mass is 9.79. The van der Waals surface area contributed by atoms with Gasteiger partial charge in [0.15, 0.2) is 23.3 Å². The van der Waals surface area contributed by atoms with E-state index in [9.17, 15) is 0 Å². The average Bonchev–Trinajstić information content (AvgIpc) is 2.90. The van der Waals surface area contributed by atoms with Crippen LogP contribution in [0, 0.1) is 35.1 Å². The van der Waals surface area contributed by atoms with Gasteiger partial charge in [0.05, 0.1) is 11.1 Å². The third-order valence-electron chi connectivity index (χ3n) is 8.64. The molecule has 2 fully saturated rings. The Labute approximate surface area is 211 Å². The average molecular weight is 495 g/mol. The Morgan fingerprint density at radius 3 is 1.00 bits per heavy atom. The molecule has 0 spiro atoms. The summed E-state index contributed by atoms with van der Waals surface area (Å²) in [5.74, 6) is -3.13. The summed E-state index contributed by atoms with van der Waals surface area (Å²) in [6, 6.07) is 13.7. The summed E-state index contributed by atoms with van der Waals surface area (Å²) in [5.41, 5.74) is 1.21. The van der Waals surface area contributed by atoms with E-state index in [2.05, 4.69) is 13.8 Å². The highest BCUT2D eigenvalue weighted by atomic mass is 19.2. The fourth-order valence-corrected chi connectivity index (χ4v) is 6.17. The molecule has 2 aliphatic rings. The molecular weight excluding hydrogens is 460 g/mol. The number of benzene rings is 3. The molecule has 0 bridgehead atoms. The van der Waals surface area contributed by atoms with Crippen molar-refractivity contribution in [3.8, 4) is 22.3 Å². The monoisotopic (exact) mass is 494 g/mol. The first kappa shape index (κ1) is 25.0. The van der Waals surface area contributed by atoms with Gasteiger partial charge < -0.3 is 0 Å². The van der Waals surface area contributed by atoms with Crippen molar-refractivity contribution in [3.63, 3.8) is 0 Å². The lowest BCUT2D eigenvalue weighted by Crippen LogP contribution is -2.11. The van der Waals surface area contributed by atoms with Crippen LogP contribution < -0.4 is 0 Å². The molecule has 2 aliphatic carbocycles. The zero-order chi connectivity index (χ0) is 25.4. The summed E-state index contributed by atoms with van der Waals surface area (Å²) < 4.78 is 60.8. The summed E-state index contributed by atoms with van der Waals surface area (Å²) in [4.78, 5) is 0. The maximum atomic E-state index is 15.2. The summed E-state index contributed by atoms with van der Waals surface area (Å²) in [7, 11) is 0. The Morgan fingerprint density at radius 1 is 0.444 bits per heavy atom. The third kappa shape index (κ3) is 4.84. The second kappa shape index (κ2) is 10.4. The van der Waals surface area contributed by atoms with Crippen LogP contribution in [0.2, 0.25) is 0 Å². The quantitative estimate of drug-likeness (QED) is 0.250. The van der Waals surface area contributed by atoms with Crippen LogP contribution in [0.15, 0.2) is 48.5 Å². The molecule has 0 N–H and O–H groups in total. The summed E-state index contributed by atoms with van der Waals surface area (Å²) in [6.07, 6.45) is 8.98. The van der Waals surface area contributed by atoms with Gasteiger partial charge in [0.1, 0.15) is 0 Å². The van der Waals surface area contributed by atoms with Crippen molar-refractivity contribution < 1.29 is 17.6 Å². The van der Waals surface area contributed by atoms with Gasteiger partial charge in [-0.1, -0.05) is 88.1 Å². The molecule has 5 rings (SSSR count). The third-order valence-corrected chi connectivity index (χ3v) is 8.64. The minimum absolute atomic E-state index is 0.143. The van der Waals surface area contributed by atoms with E-state index in [1.807, 2.05) is 24.3 Å². The van der Waals surface area contributed by atoms with Crippen molar-refractivity contribution in [2.75, 3.05) is 0 Å². The molecule has 36 heavy (non-hydrogen) atoms. The maximum absolute atomic E-state index is 15.2. The lowest BCUT2D eigenvalue weighted by molar-refractivity contribution is 0.348. The Balaban J connectivity index is 1.42. The Bertz CT molecular complexity index is 1070. The molecular formula is C32H34F4. The number of rotatable bonds is 4. The van der Waals surface area contributed by atoms with E-state index in [1.54, 1.807) is 24.3 Å². The van der Waals surface area contributed by atoms with Gasteiger partial charge in [0, 0.05) is 0 Å². The van der Waals surface area contributed by atoms with Crippen molar-refractivity contribution in [2.24, 2.45) is 11.8 Å². The van der Waals surface area contributed by atoms with Crippen LogP contribution in [-0.4, -0.2) is 0 Å². The van der Waals surface area contributed by atoms with Gasteiger partial charge in [-0.25, -0.2) is 17.6 Å². The minimum Gasteiger partial charge on any atom is -0.203 e. The first-order valence-corrected chi connectivity index (χ1v) is 13.4. The SMILES string of the molecule is CC1CCC(c2ccc(-c3c(F)c(F)c(-c4ccc(C5CCC(C)CC5)cc4)c(F)c3F)cc2)CC1. The highest BCUT2D eigenvalue weighted by molar-refractivity contribution is 5.73. The highest BCUT2D eigenvalue weighted by Gasteiger charge is 2.28. The summed E-state index contributed by atoms with van der Waals surface area (Å²) in [5, 5.41) is 0. The molecule has 4 heteroatoms. The van der Waals surface area contributed by atoms with Crippen molar-refractivity contribution >= 4 is 0 Å². The van der Waals surface area contributed by atoms with E-state index in [-0.39, 0.29) is 11.1 Å². The topological polar surface area (TPSA) is 0 Å². The van der Waals surface area contributed by atoms with Crippen LogP contribution in [-0.2, 0) is 0 Å². The fourth-order valence-electron chi connectivity index (χ4n) is 6.17. The molecule has 3 aromatic rings. The van der Waals surface area contributed by atoms with Gasteiger partial charge in [0.2, 0.25) is 0 Å². The van der Waals surface area contributed by atoms with E-state index < -0.39 is 34.4 Å². The second-order valence-electron chi connectivity index (χ2n) is 11.2. The second-order valence-corrected chi connectivity index (χ2v) is 11.2. The predicted molar refractivity (Wildman–Crippen MR) is 138 cm³/mol. The van der Waals surface area contributed by atoms with Crippen molar-refractivity contribution in [1.29, 1.82) is 0 Å². The molecule has 2 saturated carbocycles. The summed E-state index contributed by atoms with van der Waals surface area (Å²) >= 11 is 0. The standard InChI is InChI=1S/C32H34F4/c1-19-3-7-21(8-4-19)23-11-15-25(16-12-23)27-29(33)31(35)28(32(36)30(27)34)26-17-13-24(14-18-26)22-9-5-20(2)6-10-22/h11-22H,3-10H2,1-2H3. The Hall–Kier alpha value is -2.62. The van der Waals surface area contributed by atoms with E-state index in [0.29, 0.717) is 11.8 Å². The number of halogens is 4. The molecule has 0 aromatic heterocycles. The zero-order valence-electron chi connectivity index (χ0n) is 21.1. The molecule has 0 aliphatic heterocycles. The van der Waals surface area contributed by atoms with Crippen molar-refractivity contribution in [3.05, 3.63) is 82.9 Å². The Morgan fingerprint density at radius 2 is 0.722 bits per heavy atom. The van der Waals surface area contributed by atoms with E-state index >= 15 is 17.6 Å². The van der Waals surface area contributed by atoms with Crippen molar-refractivity contribution in [1.82, 2.24) is 0 Å². The first-order valence-electron chi connectivity index (χ1n) is 13.4. The fraction of sp³-hybridized carbons (Fsp3) is 0.438. The van der Waals surface area contributed by atoms with Crippen LogP contribution in [0.3, 0.4) is 0 Å². The molecule has 0 amide bonds. The molecule has 0 heterocycles. The molecule has 0 radical (unpaired) electrons. The lowest BCUT2D eigenvalue weighted by Gasteiger charge is -2.26. The predicted octanol–water partition coefficient (Wildman–Crippen LogP) is 10.2. The van der Waals surface area contributed by atoms with Crippen LogP contribution in [0.25, 0.3) is 22.3 Å². The smallest absolute Gasteiger partial charge is 0.170 e. The molecule has 0 atom stereocenters. The molecule has 0 saturated heterocycles. The van der Waals surface area contributed by atoms with E-state index in [1.165, 1.54) is 0 Å². The van der Waals surface area contributed by atoms with Gasteiger partial charge in [-0.3, -0.25) is 0 Å². The van der Waals surface area contributed by atoms with Crippen molar-refractivity contribution in [2.45, 2.75) is 77.0 Å².